The van der Waals surface area contributed by atoms with Gasteiger partial charge in [-0.25, -0.2) is 9.78 Å². The van der Waals surface area contributed by atoms with Gasteiger partial charge in [0.25, 0.3) is 0 Å². The summed E-state index contributed by atoms with van der Waals surface area (Å²) < 4.78 is 10.3. The SMILES string of the molecule is COC(=O)c1ccc(NC(=O)CSc2n[nH]c(COc3cccc(C)c3)n2)cc1. The molecule has 0 fully saturated rings. The summed E-state index contributed by atoms with van der Waals surface area (Å²) in [4.78, 5) is 27.8. The van der Waals surface area contributed by atoms with Gasteiger partial charge in [-0.2, -0.15) is 0 Å². The molecule has 0 spiro atoms. The maximum Gasteiger partial charge on any atom is 0.337 e. The number of hydrogen-bond acceptors (Lipinski definition) is 7. The molecule has 2 N–H and O–H groups in total. The van der Waals surface area contributed by atoms with E-state index in [0.29, 0.717) is 22.2 Å². The molecule has 0 atom stereocenters. The number of anilines is 1. The van der Waals surface area contributed by atoms with Crippen molar-refractivity contribution >= 4 is 29.3 Å². The molecule has 3 aromatic rings. The number of aromatic nitrogens is 3. The number of thioether (sulfide) groups is 1. The Morgan fingerprint density at radius 1 is 1.17 bits per heavy atom. The highest BCUT2D eigenvalue weighted by Gasteiger charge is 2.10. The molecule has 2 aromatic carbocycles. The summed E-state index contributed by atoms with van der Waals surface area (Å²) in [6, 6.07) is 14.2. The van der Waals surface area contributed by atoms with Gasteiger partial charge in [-0.1, -0.05) is 23.9 Å². The van der Waals surface area contributed by atoms with Crippen LogP contribution < -0.4 is 10.1 Å². The standard InChI is InChI=1S/C20H20N4O4S/c1-13-4-3-5-16(10-13)28-11-17-22-20(24-23-17)29-12-18(25)21-15-8-6-14(7-9-15)19(26)27-2/h3-10H,11-12H2,1-2H3,(H,21,25)(H,22,23,24). The topological polar surface area (TPSA) is 106 Å². The van der Waals surface area contributed by atoms with Gasteiger partial charge in [0.15, 0.2) is 5.82 Å². The fraction of sp³-hybridized carbons (Fsp3) is 0.200. The van der Waals surface area contributed by atoms with E-state index in [1.807, 2.05) is 31.2 Å². The van der Waals surface area contributed by atoms with Crippen LogP contribution in [0.3, 0.4) is 0 Å². The van der Waals surface area contributed by atoms with E-state index >= 15 is 0 Å². The number of amides is 1. The number of rotatable bonds is 8. The molecule has 3 rings (SSSR count). The molecular weight excluding hydrogens is 392 g/mol. The average molecular weight is 412 g/mol. The highest BCUT2D eigenvalue weighted by atomic mass is 32.2. The molecule has 150 valence electrons. The van der Waals surface area contributed by atoms with Crippen molar-refractivity contribution in [3.8, 4) is 5.75 Å². The Morgan fingerprint density at radius 3 is 2.69 bits per heavy atom. The van der Waals surface area contributed by atoms with Crippen LogP contribution in [0.5, 0.6) is 5.75 Å². The molecule has 0 aliphatic rings. The number of nitrogens with one attached hydrogen (secondary N) is 2. The first-order valence-electron chi connectivity index (χ1n) is 8.75. The van der Waals surface area contributed by atoms with Crippen LogP contribution >= 0.6 is 11.8 Å². The Hall–Kier alpha value is -3.33. The van der Waals surface area contributed by atoms with Gasteiger partial charge in [0, 0.05) is 5.69 Å². The van der Waals surface area contributed by atoms with Crippen molar-refractivity contribution in [2.45, 2.75) is 18.7 Å². The van der Waals surface area contributed by atoms with Gasteiger partial charge in [-0.05, 0) is 48.9 Å². The lowest BCUT2D eigenvalue weighted by Crippen LogP contribution is -2.14. The average Bonchev–Trinajstić information content (AvgIpc) is 3.19. The lowest BCUT2D eigenvalue weighted by atomic mass is 10.2. The highest BCUT2D eigenvalue weighted by Crippen LogP contribution is 2.16. The van der Waals surface area contributed by atoms with E-state index in [1.54, 1.807) is 24.3 Å². The lowest BCUT2D eigenvalue weighted by molar-refractivity contribution is -0.113. The van der Waals surface area contributed by atoms with Crippen LogP contribution in [0.25, 0.3) is 0 Å². The third kappa shape index (κ3) is 6.08. The maximum absolute atomic E-state index is 12.1. The number of hydrogen-bond donors (Lipinski definition) is 2. The fourth-order valence-corrected chi connectivity index (χ4v) is 3.02. The van der Waals surface area contributed by atoms with E-state index in [2.05, 4.69) is 25.2 Å². The van der Waals surface area contributed by atoms with Gasteiger partial charge in [0.05, 0.1) is 18.4 Å². The summed E-state index contributed by atoms with van der Waals surface area (Å²) in [5.74, 6) is 0.851. The Bertz CT molecular complexity index is 988. The number of aryl methyl sites for hydroxylation is 1. The van der Waals surface area contributed by atoms with Crippen LogP contribution in [0.15, 0.2) is 53.7 Å². The van der Waals surface area contributed by atoms with E-state index < -0.39 is 5.97 Å². The molecule has 9 heteroatoms. The zero-order chi connectivity index (χ0) is 20.6. The second-order valence-electron chi connectivity index (χ2n) is 6.08. The first-order chi connectivity index (χ1) is 14.0. The molecular formula is C20H20N4O4S. The third-order valence-corrected chi connectivity index (χ3v) is 4.65. The van der Waals surface area contributed by atoms with Crippen LogP contribution in [-0.4, -0.2) is 39.9 Å². The quantitative estimate of drug-likeness (QED) is 0.432. The number of methoxy groups -OCH3 is 1. The molecule has 0 unspecified atom stereocenters. The number of aromatic amines is 1. The number of esters is 1. The van der Waals surface area contributed by atoms with E-state index in [0.717, 1.165) is 11.3 Å². The Balaban J connectivity index is 1.45. The molecule has 0 radical (unpaired) electrons. The Kier molecular flexibility index (Phi) is 6.85. The maximum atomic E-state index is 12.1. The normalized spacial score (nSPS) is 10.4. The van der Waals surface area contributed by atoms with Gasteiger partial charge in [-0.3, -0.25) is 9.89 Å². The summed E-state index contributed by atoms with van der Waals surface area (Å²) in [5, 5.41) is 10.1. The second-order valence-corrected chi connectivity index (χ2v) is 7.02. The van der Waals surface area contributed by atoms with E-state index in [4.69, 9.17) is 4.74 Å². The predicted octanol–water partition coefficient (Wildman–Crippen LogP) is 3.21. The van der Waals surface area contributed by atoms with E-state index in [9.17, 15) is 9.59 Å². The van der Waals surface area contributed by atoms with Gasteiger partial charge >= 0.3 is 5.97 Å². The summed E-state index contributed by atoms with van der Waals surface area (Å²) in [7, 11) is 1.32. The molecule has 0 saturated carbocycles. The number of ether oxygens (including phenoxy) is 2. The largest absolute Gasteiger partial charge is 0.486 e. The van der Waals surface area contributed by atoms with Crippen molar-refractivity contribution in [3.63, 3.8) is 0 Å². The van der Waals surface area contributed by atoms with Crippen LogP contribution in [0, 0.1) is 6.92 Å². The second kappa shape index (κ2) is 9.74. The number of H-pyrrole nitrogens is 1. The first-order valence-corrected chi connectivity index (χ1v) is 9.74. The first kappa shape index (κ1) is 20.4. The Labute approximate surface area is 172 Å². The third-order valence-electron chi connectivity index (χ3n) is 3.80. The molecule has 1 amide bonds. The smallest absolute Gasteiger partial charge is 0.337 e. The molecule has 29 heavy (non-hydrogen) atoms. The van der Waals surface area contributed by atoms with Gasteiger partial charge in [0.1, 0.15) is 12.4 Å². The van der Waals surface area contributed by atoms with Crippen LogP contribution in [0.4, 0.5) is 5.69 Å². The minimum absolute atomic E-state index is 0.148. The zero-order valence-electron chi connectivity index (χ0n) is 16.0. The van der Waals surface area contributed by atoms with Crippen molar-refractivity contribution in [1.82, 2.24) is 15.2 Å². The van der Waals surface area contributed by atoms with Crippen molar-refractivity contribution < 1.29 is 19.1 Å². The van der Waals surface area contributed by atoms with E-state index in [-0.39, 0.29) is 18.3 Å². The number of carbonyl (C=O) groups is 2. The number of benzene rings is 2. The minimum atomic E-state index is -0.426. The van der Waals surface area contributed by atoms with Crippen molar-refractivity contribution in [2.24, 2.45) is 0 Å². The van der Waals surface area contributed by atoms with Gasteiger partial charge < -0.3 is 14.8 Å². The summed E-state index contributed by atoms with van der Waals surface area (Å²) in [6.07, 6.45) is 0. The molecule has 0 bridgehead atoms. The zero-order valence-corrected chi connectivity index (χ0v) is 16.8. The minimum Gasteiger partial charge on any atom is -0.486 e. The van der Waals surface area contributed by atoms with Crippen LogP contribution in [0.2, 0.25) is 0 Å². The van der Waals surface area contributed by atoms with Gasteiger partial charge in [-0.15, -0.1) is 5.10 Å². The fourth-order valence-electron chi connectivity index (χ4n) is 2.40. The summed E-state index contributed by atoms with van der Waals surface area (Å²) in [5.41, 5.74) is 2.12. The summed E-state index contributed by atoms with van der Waals surface area (Å²) in [6.45, 7) is 2.25. The summed E-state index contributed by atoms with van der Waals surface area (Å²) >= 11 is 1.21. The highest BCUT2D eigenvalue weighted by molar-refractivity contribution is 7.99. The lowest BCUT2D eigenvalue weighted by Gasteiger charge is -2.05. The molecule has 1 heterocycles. The molecule has 1 aromatic heterocycles. The van der Waals surface area contributed by atoms with Crippen LogP contribution in [-0.2, 0) is 16.1 Å². The molecule has 0 aliphatic heterocycles. The molecule has 8 nitrogen and oxygen atoms in total. The Morgan fingerprint density at radius 2 is 1.97 bits per heavy atom. The van der Waals surface area contributed by atoms with Crippen molar-refractivity contribution in [1.29, 1.82) is 0 Å². The van der Waals surface area contributed by atoms with Crippen LogP contribution in [0.1, 0.15) is 21.7 Å². The van der Waals surface area contributed by atoms with Crippen molar-refractivity contribution in [2.75, 3.05) is 18.2 Å². The monoisotopic (exact) mass is 412 g/mol. The van der Waals surface area contributed by atoms with Crippen molar-refractivity contribution in [3.05, 3.63) is 65.5 Å². The number of carbonyl (C=O) groups excluding carboxylic acids is 2. The molecule has 0 saturated heterocycles. The van der Waals surface area contributed by atoms with E-state index in [1.165, 1.54) is 18.9 Å². The predicted molar refractivity (Wildman–Crippen MR) is 109 cm³/mol. The molecule has 0 aliphatic carbocycles. The van der Waals surface area contributed by atoms with Gasteiger partial charge in [0.2, 0.25) is 11.1 Å². The number of nitrogens with zero attached hydrogens (tertiary/aromatic N) is 2.